The molecule has 2 aromatic carbocycles. The van der Waals surface area contributed by atoms with E-state index in [2.05, 4.69) is 5.32 Å². The molecule has 0 aliphatic carbocycles. The number of carbonyl (C=O) groups excluding carboxylic acids is 2. The third kappa shape index (κ3) is 4.24. The molecule has 1 aliphatic rings. The quantitative estimate of drug-likeness (QED) is 0.646. The number of hydrogen-bond donors (Lipinski definition) is 3. The molecule has 1 amide bonds. The number of fused-ring (bicyclic) bond motifs is 1. The third-order valence-electron chi connectivity index (χ3n) is 4.52. The number of ether oxygens (including phenoxy) is 3. The first-order valence-electron chi connectivity index (χ1n) is 8.94. The van der Waals surface area contributed by atoms with Gasteiger partial charge in [-0.15, -0.1) is 0 Å². The maximum absolute atomic E-state index is 11.7. The monoisotopic (exact) mass is 389 g/mol. The fourth-order valence-corrected chi connectivity index (χ4v) is 3.31. The minimum absolute atomic E-state index is 0.410. The van der Waals surface area contributed by atoms with Crippen molar-refractivity contribution < 1.29 is 34.0 Å². The van der Waals surface area contributed by atoms with Gasteiger partial charge in [-0.05, 0) is 11.5 Å². The first kappa shape index (κ1) is 20.1. The summed E-state index contributed by atoms with van der Waals surface area (Å²) in [5.74, 6) is -0.554. The van der Waals surface area contributed by atoms with Crippen molar-refractivity contribution >= 4 is 22.6 Å². The molecule has 150 valence electrons. The Labute approximate surface area is 162 Å². The second kappa shape index (κ2) is 8.55. The Morgan fingerprint density at radius 2 is 1.86 bits per heavy atom. The zero-order valence-corrected chi connectivity index (χ0v) is 15.6. The van der Waals surface area contributed by atoms with Crippen molar-refractivity contribution in [1.82, 2.24) is 5.32 Å². The topological polar surface area (TPSA) is 114 Å². The van der Waals surface area contributed by atoms with Crippen LogP contribution >= 0.6 is 0 Å². The second-order valence-corrected chi connectivity index (χ2v) is 6.61. The summed E-state index contributed by atoms with van der Waals surface area (Å²) in [6.45, 7) is 1.98. The summed E-state index contributed by atoms with van der Waals surface area (Å²) in [7, 11) is 0. The number of hydrogen-bond acceptors (Lipinski definition) is 7. The van der Waals surface area contributed by atoms with Crippen LogP contribution in [-0.4, -0.2) is 59.3 Å². The Balaban J connectivity index is 1.96. The molecule has 1 saturated heterocycles. The van der Waals surface area contributed by atoms with E-state index in [1.54, 1.807) is 6.07 Å². The van der Waals surface area contributed by atoms with Crippen LogP contribution in [0.3, 0.4) is 0 Å². The van der Waals surface area contributed by atoms with Crippen LogP contribution in [0.1, 0.15) is 13.8 Å². The maximum atomic E-state index is 11.7. The molecule has 0 bridgehead atoms. The summed E-state index contributed by atoms with van der Waals surface area (Å²) in [6.07, 6.45) is -4.63. The molecule has 0 saturated carbocycles. The molecule has 0 spiro atoms. The summed E-state index contributed by atoms with van der Waals surface area (Å²) in [5.41, 5.74) is 0. The minimum Gasteiger partial charge on any atom is -0.462 e. The van der Waals surface area contributed by atoms with Crippen LogP contribution in [0.2, 0.25) is 0 Å². The number of esters is 1. The highest BCUT2D eigenvalue weighted by Crippen LogP contribution is 2.30. The summed E-state index contributed by atoms with van der Waals surface area (Å²) in [6, 6.07) is 12.1. The van der Waals surface area contributed by atoms with Crippen LogP contribution in [0.4, 0.5) is 0 Å². The summed E-state index contributed by atoms with van der Waals surface area (Å²) in [4.78, 5) is 23.3. The Morgan fingerprint density at radius 3 is 2.54 bits per heavy atom. The lowest BCUT2D eigenvalue weighted by Gasteiger charge is -2.43. The van der Waals surface area contributed by atoms with E-state index in [-0.39, 0.29) is 0 Å². The molecule has 3 N–H and O–H groups in total. The number of aliphatic hydroxyl groups is 2. The van der Waals surface area contributed by atoms with Gasteiger partial charge < -0.3 is 29.7 Å². The normalized spacial score (nSPS) is 27.2. The van der Waals surface area contributed by atoms with Crippen LogP contribution < -0.4 is 10.1 Å². The van der Waals surface area contributed by atoms with Gasteiger partial charge in [0.25, 0.3) is 0 Å². The average molecular weight is 389 g/mol. The molecule has 0 radical (unpaired) electrons. The molecule has 1 aliphatic heterocycles. The number of carbonyl (C=O) groups is 2. The molecule has 8 nitrogen and oxygen atoms in total. The Kier molecular flexibility index (Phi) is 6.13. The second-order valence-electron chi connectivity index (χ2n) is 6.61. The highest BCUT2D eigenvalue weighted by atomic mass is 16.7. The standard InChI is InChI=1S/C20H23NO7/c1-11(23)21-17-19(26-12(2)24)18(25)16(10-22)28-20(17)27-15-9-5-7-13-6-3-4-8-14(13)15/h3-9,16-20,22,25H,10H2,1-2H3,(H,21,23)/t16-,17-,18+,19+,20+/m0/s1. The number of nitrogens with one attached hydrogen (secondary N) is 1. The highest BCUT2D eigenvalue weighted by molar-refractivity contribution is 5.88. The van der Waals surface area contributed by atoms with Crippen molar-refractivity contribution in [1.29, 1.82) is 0 Å². The molecule has 1 fully saturated rings. The van der Waals surface area contributed by atoms with Crippen LogP contribution in [0.15, 0.2) is 42.5 Å². The Hall–Kier alpha value is -2.68. The number of benzene rings is 2. The predicted octanol–water partition coefficient (Wildman–Crippen LogP) is 0.733. The van der Waals surface area contributed by atoms with E-state index in [9.17, 15) is 19.8 Å². The Bertz CT molecular complexity index is 850. The van der Waals surface area contributed by atoms with Gasteiger partial charge in [0, 0.05) is 19.2 Å². The zero-order valence-electron chi connectivity index (χ0n) is 15.6. The van der Waals surface area contributed by atoms with Gasteiger partial charge in [0.2, 0.25) is 12.2 Å². The smallest absolute Gasteiger partial charge is 0.303 e. The fraction of sp³-hybridized carbons (Fsp3) is 0.400. The Morgan fingerprint density at radius 1 is 1.14 bits per heavy atom. The molecule has 0 unspecified atom stereocenters. The largest absolute Gasteiger partial charge is 0.462 e. The molecule has 8 heteroatoms. The van der Waals surface area contributed by atoms with Gasteiger partial charge in [-0.3, -0.25) is 9.59 Å². The average Bonchev–Trinajstić information content (AvgIpc) is 2.66. The van der Waals surface area contributed by atoms with Gasteiger partial charge in [-0.25, -0.2) is 0 Å². The molecule has 5 atom stereocenters. The van der Waals surface area contributed by atoms with Crippen LogP contribution in [-0.2, 0) is 19.1 Å². The predicted molar refractivity (Wildman–Crippen MR) is 99.5 cm³/mol. The lowest BCUT2D eigenvalue weighted by molar-refractivity contribution is -0.249. The van der Waals surface area contributed by atoms with Crippen LogP contribution in [0.5, 0.6) is 5.75 Å². The lowest BCUT2D eigenvalue weighted by Crippen LogP contribution is -2.66. The van der Waals surface area contributed by atoms with E-state index in [1.807, 2.05) is 36.4 Å². The third-order valence-corrected chi connectivity index (χ3v) is 4.52. The summed E-state index contributed by atoms with van der Waals surface area (Å²) >= 11 is 0. The van der Waals surface area contributed by atoms with Gasteiger partial charge in [0.05, 0.1) is 6.61 Å². The SMILES string of the molecule is CC(=O)N[C@@H]1[C@H](Oc2cccc3ccccc23)O[C@@H](CO)[C@@H](O)[C@@H]1OC(C)=O. The van der Waals surface area contributed by atoms with E-state index in [4.69, 9.17) is 14.2 Å². The maximum Gasteiger partial charge on any atom is 0.303 e. The molecule has 3 rings (SSSR count). The van der Waals surface area contributed by atoms with Crippen molar-refractivity contribution in [3.63, 3.8) is 0 Å². The van der Waals surface area contributed by atoms with Crippen molar-refractivity contribution in [2.45, 2.75) is 44.5 Å². The van der Waals surface area contributed by atoms with E-state index >= 15 is 0 Å². The van der Waals surface area contributed by atoms with Crippen LogP contribution in [0.25, 0.3) is 10.8 Å². The fourth-order valence-electron chi connectivity index (χ4n) is 3.31. The molecule has 28 heavy (non-hydrogen) atoms. The van der Waals surface area contributed by atoms with Gasteiger partial charge in [0.15, 0.2) is 6.10 Å². The van der Waals surface area contributed by atoms with E-state index in [0.29, 0.717) is 5.75 Å². The molecule has 0 aromatic heterocycles. The van der Waals surface area contributed by atoms with Gasteiger partial charge in [-0.2, -0.15) is 0 Å². The molecule has 1 heterocycles. The first-order chi connectivity index (χ1) is 13.4. The van der Waals surface area contributed by atoms with Gasteiger partial charge in [-0.1, -0.05) is 36.4 Å². The van der Waals surface area contributed by atoms with Crippen molar-refractivity contribution in [3.8, 4) is 5.75 Å². The van der Waals surface area contributed by atoms with Crippen LogP contribution in [0, 0.1) is 0 Å². The number of amides is 1. The number of aliphatic hydroxyl groups excluding tert-OH is 2. The van der Waals surface area contributed by atoms with Gasteiger partial charge >= 0.3 is 5.97 Å². The van der Waals surface area contributed by atoms with Crippen molar-refractivity contribution in [3.05, 3.63) is 42.5 Å². The van der Waals surface area contributed by atoms with Crippen molar-refractivity contribution in [2.24, 2.45) is 0 Å². The minimum atomic E-state index is -1.34. The molecule has 2 aromatic rings. The molecular formula is C20H23NO7. The zero-order chi connectivity index (χ0) is 20.3. The van der Waals surface area contributed by atoms with E-state index in [0.717, 1.165) is 10.8 Å². The first-order valence-corrected chi connectivity index (χ1v) is 8.94. The van der Waals surface area contributed by atoms with E-state index in [1.165, 1.54) is 13.8 Å². The highest BCUT2D eigenvalue weighted by Gasteiger charge is 2.48. The van der Waals surface area contributed by atoms with Gasteiger partial charge in [0.1, 0.15) is 24.0 Å². The number of rotatable bonds is 5. The molecular weight excluding hydrogens is 366 g/mol. The van der Waals surface area contributed by atoms with Crippen molar-refractivity contribution in [2.75, 3.05) is 6.61 Å². The summed E-state index contributed by atoms with van der Waals surface area (Å²) in [5, 5.41) is 24.4. The summed E-state index contributed by atoms with van der Waals surface area (Å²) < 4.78 is 17.0. The van der Waals surface area contributed by atoms with E-state index < -0.39 is 49.1 Å². The lowest BCUT2D eigenvalue weighted by atomic mass is 9.96.